The van der Waals surface area contributed by atoms with E-state index in [-0.39, 0.29) is 5.91 Å². The van der Waals surface area contributed by atoms with Crippen LogP contribution in [0.25, 0.3) is 0 Å². The van der Waals surface area contributed by atoms with Gasteiger partial charge in [0.25, 0.3) is 0 Å². The van der Waals surface area contributed by atoms with Crippen LogP contribution in [0.5, 0.6) is 0 Å². The lowest BCUT2D eigenvalue weighted by Crippen LogP contribution is -2.47. The molecule has 4 N–H and O–H groups in total. The van der Waals surface area contributed by atoms with Crippen molar-refractivity contribution in [3.63, 3.8) is 0 Å². The topological polar surface area (TPSA) is 103 Å². The first-order valence-corrected chi connectivity index (χ1v) is 10.0. The maximum Gasteiger partial charge on any atom is 0.247 e. The van der Waals surface area contributed by atoms with Crippen LogP contribution in [0.3, 0.4) is 0 Å². The van der Waals surface area contributed by atoms with E-state index in [2.05, 4.69) is 43.0 Å². The number of nitrogens with one attached hydrogen (secondary N) is 2. The molecule has 0 bridgehead atoms. The third-order valence-corrected chi connectivity index (χ3v) is 5.00. The van der Waals surface area contributed by atoms with Crippen LogP contribution < -0.4 is 26.2 Å². The average molecular weight is 411 g/mol. The molecule has 1 aliphatic rings. The first-order valence-electron chi connectivity index (χ1n) is 10.0. The maximum atomic E-state index is 12.0. The van der Waals surface area contributed by atoms with E-state index in [0.717, 1.165) is 49.9 Å². The van der Waals surface area contributed by atoms with Gasteiger partial charge in [0.2, 0.25) is 5.91 Å². The molecule has 1 saturated heterocycles. The second-order valence-electron chi connectivity index (χ2n) is 7.32. The molecule has 1 aromatic carbocycles. The summed E-state index contributed by atoms with van der Waals surface area (Å²) in [6, 6.07) is 7.84. The summed E-state index contributed by atoms with van der Waals surface area (Å²) in [5.74, 6) is 1.17. The number of amides is 1. The van der Waals surface area contributed by atoms with Gasteiger partial charge < -0.3 is 26.2 Å². The zero-order chi connectivity index (χ0) is 21.5. The summed E-state index contributed by atoms with van der Waals surface area (Å²) in [5, 5.41) is 6.18. The third kappa shape index (κ3) is 5.46. The Morgan fingerprint density at radius 3 is 2.63 bits per heavy atom. The van der Waals surface area contributed by atoms with Crippen molar-refractivity contribution in [2.45, 2.75) is 0 Å². The summed E-state index contributed by atoms with van der Waals surface area (Å²) in [6.07, 6.45) is 2.77. The Bertz CT molecular complexity index is 877. The minimum atomic E-state index is -0.264. The van der Waals surface area contributed by atoms with Crippen LogP contribution >= 0.6 is 0 Å². The fourth-order valence-electron chi connectivity index (χ4n) is 3.34. The largest absolute Gasteiger partial charge is 0.369 e. The molecule has 2 aromatic rings. The van der Waals surface area contributed by atoms with Crippen molar-refractivity contribution in [1.82, 2.24) is 14.9 Å². The van der Waals surface area contributed by atoms with Gasteiger partial charge in [0.15, 0.2) is 0 Å². The Balaban J connectivity index is 1.82. The average Bonchev–Trinajstić information content (AvgIpc) is 2.76. The van der Waals surface area contributed by atoms with E-state index in [4.69, 9.17) is 5.73 Å². The fourth-order valence-corrected chi connectivity index (χ4v) is 3.34. The second-order valence-corrected chi connectivity index (χ2v) is 7.32. The molecule has 0 atom stereocenters. The number of benzene rings is 1. The van der Waals surface area contributed by atoms with E-state index in [1.54, 1.807) is 0 Å². The van der Waals surface area contributed by atoms with Crippen molar-refractivity contribution in [3.8, 4) is 0 Å². The number of hydrogen-bond acceptors (Lipinski definition) is 8. The molecule has 0 unspecified atom stereocenters. The zero-order valence-electron chi connectivity index (χ0n) is 17.6. The molecular weight excluding hydrogens is 380 g/mol. The van der Waals surface area contributed by atoms with Gasteiger partial charge in [0.1, 0.15) is 18.0 Å². The van der Waals surface area contributed by atoms with Gasteiger partial charge in [0, 0.05) is 65.1 Å². The molecule has 1 aliphatic heterocycles. The van der Waals surface area contributed by atoms with Gasteiger partial charge >= 0.3 is 0 Å². The van der Waals surface area contributed by atoms with Crippen molar-refractivity contribution < 1.29 is 4.79 Å². The van der Waals surface area contributed by atoms with E-state index < -0.39 is 0 Å². The Kier molecular flexibility index (Phi) is 7.21. The lowest BCUT2D eigenvalue weighted by molar-refractivity contribution is -0.111. The number of nitrogens with two attached hydrogens (primary N) is 1. The van der Waals surface area contributed by atoms with E-state index in [1.807, 2.05) is 37.2 Å². The minimum Gasteiger partial charge on any atom is -0.369 e. The lowest BCUT2D eigenvalue weighted by Gasteiger charge is -2.36. The number of carbonyl (C=O) groups excluding carboxylic acids is 1. The molecule has 30 heavy (non-hydrogen) atoms. The molecule has 0 spiro atoms. The molecule has 0 saturated carbocycles. The van der Waals surface area contributed by atoms with Crippen LogP contribution in [0.15, 0.2) is 43.2 Å². The highest BCUT2D eigenvalue weighted by molar-refractivity contribution is 6.02. The van der Waals surface area contributed by atoms with Crippen LogP contribution in [0.1, 0.15) is 0 Å². The standard InChI is InChI=1S/C21H30N8O/c1-4-21(30)26-18-13-16(29-11-9-28(8-7-22)10-12-29)5-6-17(18)25-19-14-20(27(2)3)24-15-23-19/h4-6,13-15H,1,7-12,22H2,2-3H3,(H,26,30)(H,23,24,25). The van der Waals surface area contributed by atoms with Crippen molar-refractivity contribution in [2.75, 3.05) is 73.8 Å². The molecule has 0 aliphatic carbocycles. The highest BCUT2D eigenvalue weighted by atomic mass is 16.1. The number of piperazine rings is 1. The predicted octanol–water partition coefficient (Wildman–Crippen LogP) is 1.49. The van der Waals surface area contributed by atoms with Crippen molar-refractivity contribution in [3.05, 3.63) is 43.2 Å². The second kappa shape index (κ2) is 10.0. The van der Waals surface area contributed by atoms with E-state index >= 15 is 0 Å². The number of hydrogen-bond donors (Lipinski definition) is 3. The molecule has 3 rings (SSSR count). The summed E-state index contributed by atoms with van der Waals surface area (Å²) in [5.41, 5.74) is 8.15. The van der Waals surface area contributed by atoms with Crippen LogP contribution in [0, 0.1) is 0 Å². The number of carbonyl (C=O) groups is 1. The number of anilines is 5. The van der Waals surface area contributed by atoms with Gasteiger partial charge in [-0.15, -0.1) is 0 Å². The van der Waals surface area contributed by atoms with Gasteiger partial charge in [0.05, 0.1) is 11.4 Å². The van der Waals surface area contributed by atoms with Gasteiger partial charge in [-0.25, -0.2) is 9.97 Å². The van der Waals surface area contributed by atoms with Crippen LogP contribution in [0.4, 0.5) is 28.7 Å². The summed E-state index contributed by atoms with van der Waals surface area (Å²) in [4.78, 5) is 27.1. The molecule has 1 aromatic heterocycles. The summed E-state index contributed by atoms with van der Waals surface area (Å²) < 4.78 is 0. The SMILES string of the molecule is C=CC(=O)Nc1cc(N2CCN(CCN)CC2)ccc1Nc1cc(N(C)C)ncn1. The minimum absolute atomic E-state index is 0.264. The predicted molar refractivity (Wildman–Crippen MR) is 123 cm³/mol. The Labute approximate surface area is 177 Å². The van der Waals surface area contributed by atoms with Gasteiger partial charge in [-0.1, -0.05) is 6.58 Å². The monoisotopic (exact) mass is 410 g/mol. The van der Waals surface area contributed by atoms with Crippen LogP contribution in [-0.2, 0) is 4.79 Å². The zero-order valence-corrected chi connectivity index (χ0v) is 17.6. The van der Waals surface area contributed by atoms with Gasteiger partial charge in [-0.05, 0) is 24.3 Å². The van der Waals surface area contributed by atoms with Gasteiger partial charge in [-0.2, -0.15) is 0 Å². The normalized spacial score (nSPS) is 14.3. The Hall–Kier alpha value is -3.17. The lowest BCUT2D eigenvalue weighted by atomic mass is 10.2. The van der Waals surface area contributed by atoms with Crippen molar-refractivity contribution >= 4 is 34.6 Å². The third-order valence-electron chi connectivity index (χ3n) is 5.00. The number of rotatable bonds is 8. The summed E-state index contributed by atoms with van der Waals surface area (Å²) in [7, 11) is 3.84. The van der Waals surface area contributed by atoms with Crippen molar-refractivity contribution in [1.29, 1.82) is 0 Å². The van der Waals surface area contributed by atoms with Gasteiger partial charge in [-0.3, -0.25) is 9.69 Å². The first-order chi connectivity index (χ1) is 14.5. The molecule has 9 heteroatoms. The fraction of sp³-hybridized carbons (Fsp3) is 0.381. The molecule has 2 heterocycles. The van der Waals surface area contributed by atoms with E-state index in [9.17, 15) is 4.79 Å². The molecule has 1 fully saturated rings. The maximum absolute atomic E-state index is 12.0. The number of aromatic nitrogens is 2. The Morgan fingerprint density at radius 2 is 1.97 bits per heavy atom. The van der Waals surface area contributed by atoms with Crippen LogP contribution in [-0.4, -0.2) is 74.1 Å². The Morgan fingerprint density at radius 1 is 1.20 bits per heavy atom. The molecule has 1 amide bonds. The quantitative estimate of drug-likeness (QED) is 0.563. The van der Waals surface area contributed by atoms with E-state index in [0.29, 0.717) is 18.1 Å². The highest BCUT2D eigenvalue weighted by Crippen LogP contribution is 2.31. The smallest absolute Gasteiger partial charge is 0.247 e. The first kappa shape index (κ1) is 21.5. The number of nitrogens with zero attached hydrogens (tertiary/aromatic N) is 5. The molecule has 0 radical (unpaired) electrons. The summed E-state index contributed by atoms with van der Waals surface area (Å²) in [6.45, 7) is 8.93. The molecule has 9 nitrogen and oxygen atoms in total. The summed E-state index contributed by atoms with van der Waals surface area (Å²) >= 11 is 0. The van der Waals surface area contributed by atoms with Crippen molar-refractivity contribution in [2.24, 2.45) is 5.73 Å². The van der Waals surface area contributed by atoms with Crippen LogP contribution in [0.2, 0.25) is 0 Å². The van der Waals surface area contributed by atoms with E-state index in [1.165, 1.54) is 12.4 Å². The molecule has 160 valence electrons. The molecular formula is C21H30N8O. The highest BCUT2D eigenvalue weighted by Gasteiger charge is 2.18.